The molecule has 0 bridgehead atoms. The van der Waals surface area contributed by atoms with Crippen LogP contribution < -0.4 is 15.5 Å². The largest absolute Gasteiger partial charge is 0.369 e. The van der Waals surface area contributed by atoms with E-state index in [1.807, 2.05) is 78.0 Å². The summed E-state index contributed by atoms with van der Waals surface area (Å²) in [4.78, 5) is 35.4. The minimum atomic E-state index is -0.568. The van der Waals surface area contributed by atoms with Gasteiger partial charge < -0.3 is 20.4 Å². The summed E-state index contributed by atoms with van der Waals surface area (Å²) < 4.78 is 1.83. The predicted molar refractivity (Wildman–Crippen MR) is 165 cm³/mol. The topological polar surface area (TPSA) is 100 Å². The van der Waals surface area contributed by atoms with Crippen LogP contribution in [-0.2, 0) is 9.59 Å². The zero-order valence-corrected chi connectivity index (χ0v) is 25.1. The van der Waals surface area contributed by atoms with E-state index >= 15 is 0 Å². The minimum Gasteiger partial charge on any atom is -0.369 e. The summed E-state index contributed by atoms with van der Waals surface area (Å²) in [5, 5.41) is 6.27. The highest BCUT2D eigenvalue weighted by molar-refractivity contribution is 6.33. The van der Waals surface area contributed by atoms with Crippen LogP contribution in [0.3, 0.4) is 0 Å². The number of carbonyl (C=O) groups is 2. The molecule has 1 fully saturated rings. The summed E-state index contributed by atoms with van der Waals surface area (Å²) in [6, 6.07) is 17.1. The quantitative estimate of drug-likeness (QED) is 0.324. The summed E-state index contributed by atoms with van der Waals surface area (Å²) in [6.07, 6.45) is 1.22. The van der Waals surface area contributed by atoms with Crippen molar-refractivity contribution in [2.75, 3.05) is 50.6 Å². The number of rotatable bonds is 7. The van der Waals surface area contributed by atoms with Crippen molar-refractivity contribution < 1.29 is 9.59 Å². The van der Waals surface area contributed by atoms with Gasteiger partial charge in [0.2, 0.25) is 11.8 Å². The van der Waals surface area contributed by atoms with Gasteiger partial charge in [0.25, 0.3) is 0 Å². The third-order valence-corrected chi connectivity index (χ3v) is 8.45. The number of nitrogens with zero attached hydrogens (tertiary/aromatic N) is 6. The highest BCUT2D eigenvalue weighted by Crippen LogP contribution is 2.41. The smallest absolute Gasteiger partial charge is 0.241 e. The standard InChI is InChI=1S/C30H33Cl2N7O2/c1-30(29(33)41)13-15-38(16-14-30)24-17-23(37(4)18-25(40)36(2)3)34-28-26(19-9-11-20(31)12-10-19)27(35-39(24)28)21-7-5-6-8-22(21)32/h5-12,17H,13-16,18H2,1-4H3,(H2,33,41). The molecule has 11 heteroatoms. The lowest BCUT2D eigenvalue weighted by Gasteiger charge is -2.38. The fourth-order valence-corrected chi connectivity index (χ4v) is 5.39. The summed E-state index contributed by atoms with van der Waals surface area (Å²) in [7, 11) is 5.30. The summed E-state index contributed by atoms with van der Waals surface area (Å²) in [6.45, 7) is 3.28. The number of hydrogen-bond acceptors (Lipinski definition) is 6. The Bertz CT molecular complexity index is 1610. The first kappa shape index (κ1) is 28.7. The van der Waals surface area contributed by atoms with E-state index in [1.54, 1.807) is 19.0 Å². The lowest BCUT2D eigenvalue weighted by Crippen LogP contribution is -2.46. The molecule has 41 heavy (non-hydrogen) atoms. The van der Waals surface area contributed by atoms with Crippen LogP contribution >= 0.6 is 23.2 Å². The first-order valence-corrected chi connectivity index (χ1v) is 14.1. The second-order valence-corrected chi connectivity index (χ2v) is 11.8. The Morgan fingerprint density at radius 2 is 1.68 bits per heavy atom. The van der Waals surface area contributed by atoms with Crippen molar-refractivity contribution >= 4 is 52.3 Å². The Kier molecular flexibility index (Phi) is 7.85. The molecule has 1 aliphatic rings. The number of primary amides is 1. The van der Waals surface area contributed by atoms with Gasteiger partial charge in [0, 0.05) is 56.3 Å². The molecule has 0 radical (unpaired) electrons. The molecule has 4 aromatic rings. The first-order valence-electron chi connectivity index (χ1n) is 13.4. The number of hydrogen-bond donors (Lipinski definition) is 1. The molecule has 2 amide bonds. The van der Waals surface area contributed by atoms with Gasteiger partial charge in [0.1, 0.15) is 17.3 Å². The molecule has 0 atom stereocenters. The van der Waals surface area contributed by atoms with Gasteiger partial charge in [0.05, 0.1) is 17.1 Å². The molecule has 0 aliphatic carbocycles. The molecule has 2 aromatic carbocycles. The van der Waals surface area contributed by atoms with E-state index in [0.29, 0.717) is 53.1 Å². The van der Waals surface area contributed by atoms with Crippen molar-refractivity contribution in [2.45, 2.75) is 19.8 Å². The van der Waals surface area contributed by atoms with Crippen LogP contribution in [0.5, 0.6) is 0 Å². The van der Waals surface area contributed by atoms with Crippen molar-refractivity contribution in [1.82, 2.24) is 19.5 Å². The minimum absolute atomic E-state index is 0.0471. The van der Waals surface area contributed by atoms with Crippen LogP contribution in [0.15, 0.2) is 54.6 Å². The number of benzene rings is 2. The third kappa shape index (κ3) is 5.56. The van der Waals surface area contributed by atoms with Crippen molar-refractivity contribution in [2.24, 2.45) is 11.1 Å². The number of aromatic nitrogens is 3. The maximum absolute atomic E-state index is 12.6. The molecular weight excluding hydrogens is 561 g/mol. The van der Waals surface area contributed by atoms with Crippen molar-refractivity contribution in [3.8, 4) is 22.4 Å². The van der Waals surface area contributed by atoms with Gasteiger partial charge in [-0.05, 0) is 36.6 Å². The molecule has 9 nitrogen and oxygen atoms in total. The van der Waals surface area contributed by atoms with Gasteiger partial charge in [-0.25, -0.2) is 4.98 Å². The van der Waals surface area contributed by atoms with Gasteiger partial charge in [0.15, 0.2) is 5.65 Å². The summed E-state index contributed by atoms with van der Waals surface area (Å²) in [5.74, 6) is 1.08. The zero-order chi connectivity index (χ0) is 29.5. The average molecular weight is 595 g/mol. The summed E-state index contributed by atoms with van der Waals surface area (Å²) in [5.41, 5.74) is 8.90. The van der Waals surface area contributed by atoms with Crippen LogP contribution in [0.1, 0.15) is 19.8 Å². The molecule has 2 N–H and O–H groups in total. The van der Waals surface area contributed by atoms with E-state index < -0.39 is 5.41 Å². The lowest BCUT2D eigenvalue weighted by molar-refractivity contribution is -0.128. The molecule has 2 aromatic heterocycles. The Balaban J connectivity index is 1.75. The molecule has 0 spiro atoms. The lowest BCUT2D eigenvalue weighted by atomic mass is 9.80. The van der Waals surface area contributed by atoms with E-state index in [9.17, 15) is 9.59 Å². The highest BCUT2D eigenvalue weighted by atomic mass is 35.5. The van der Waals surface area contributed by atoms with Crippen LogP contribution in [0.2, 0.25) is 10.0 Å². The van der Waals surface area contributed by atoms with E-state index in [4.69, 9.17) is 39.0 Å². The number of fused-ring (bicyclic) bond motifs is 1. The second-order valence-electron chi connectivity index (χ2n) is 11.0. The summed E-state index contributed by atoms with van der Waals surface area (Å²) >= 11 is 12.9. The Labute approximate surface area is 249 Å². The van der Waals surface area contributed by atoms with Crippen LogP contribution in [0.25, 0.3) is 28.0 Å². The van der Waals surface area contributed by atoms with Gasteiger partial charge in [-0.2, -0.15) is 9.61 Å². The average Bonchev–Trinajstić information content (AvgIpc) is 3.32. The number of nitrogens with two attached hydrogens (primary N) is 1. The van der Waals surface area contributed by atoms with Crippen LogP contribution in [-0.4, -0.2) is 72.1 Å². The monoisotopic (exact) mass is 593 g/mol. The van der Waals surface area contributed by atoms with Crippen LogP contribution in [0.4, 0.5) is 11.6 Å². The Morgan fingerprint density at radius 1 is 1.02 bits per heavy atom. The maximum Gasteiger partial charge on any atom is 0.241 e. The number of likely N-dealkylation sites (N-methyl/N-ethyl adjacent to an activating group) is 2. The van der Waals surface area contributed by atoms with Crippen molar-refractivity contribution in [3.05, 3.63) is 64.6 Å². The fourth-order valence-electron chi connectivity index (χ4n) is 5.04. The first-order chi connectivity index (χ1) is 19.5. The molecule has 3 heterocycles. The van der Waals surface area contributed by atoms with E-state index in [2.05, 4.69) is 4.90 Å². The molecule has 0 saturated carbocycles. The second kappa shape index (κ2) is 11.2. The van der Waals surface area contributed by atoms with Gasteiger partial charge in [-0.3, -0.25) is 9.59 Å². The number of halogens is 2. The Hall–Kier alpha value is -3.82. The maximum atomic E-state index is 12.6. The van der Waals surface area contributed by atoms with Gasteiger partial charge in [-0.1, -0.05) is 60.5 Å². The molecule has 1 saturated heterocycles. The molecule has 0 unspecified atom stereocenters. The fraction of sp³-hybridized carbons (Fsp3) is 0.333. The third-order valence-electron chi connectivity index (χ3n) is 7.87. The zero-order valence-electron chi connectivity index (χ0n) is 23.6. The Morgan fingerprint density at radius 3 is 2.29 bits per heavy atom. The number of anilines is 2. The predicted octanol–water partition coefficient (Wildman–Crippen LogP) is 4.99. The number of carbonyl (C=O) groups excluding carboxylic acids is 2. The van der Waals surface area contributed by atoms with Crippen molar-refractivity contribution in [1.29, 1.82) is 0 Å². The van der Waals surface area contributed by atoms with E-state index in [1.165, 1.54) is 0 Å². The van der Waals surface area contributed by atoms with E-state index in [0.717, 1.165) is 22.5 Å². The molecule has 5 rings (SSSR count). The van der Waals surface area contributed by atoms with Gasteiger partial charge >= 0.3 is 0 Å². The normalized spacial score (nSPS) is 14.7. The number of piperidine rings is 1. The molecular formula is C30H33Cl2N7O2. The number of amides is 2. The SMILES string of the molecule is CN(C)C(=O)CN(C)c1cc(N2CCC(C)(C(N)=O)CC2)n2nc(-c3ccccc3Cl)c(-c3ccc(Cl)cc3)c2n1. The van der Waals surface area contributed by atoms with Crippen LogP contribution in [0, 0.1) is 5.41 Å². The van der Waals surface area contributed by atoms with Crippen molar-refractivity contribution in [3.63, 3.8) is 0 Å². The molecule has 1 aliphatic heterocycles. The van der Waals surface area contributed by atoms with Gasteiger partial charge in [-0.15, -0.1) is 0 Å². The highest BCUT2D eigenvalue weighted by Gasteiger charge is 2.36. The molecule has 214 valence electrons. The van der Waals surface area contributed by atoms with E-state index in [-0.39, 0.29) is 18.4 Å².